The van der Waals surface area contributed by atoms with Crippen molar-refractivity contribution < 1.29 is 4.79 Å². The van der Waals surface area contributed by atoms with Crippen LogP contribution in [0.5, 0.6) is 0 Å². The van der Waals surface area contributed by atoms with Gasteiger partial charge in [-0.2, -0.15) is 0 Å². The van der Waals surface area contributed by atoms with Crippen LogP contribution in [0.1, 0.15) is 36.0 Å². The van der Waals surface area contributed by atoms with Gasteiger partial charge in [0, 0.05) is 11.6 Å². The van der Waals surface area contributed by atoms with Gasteiger partial charge in [0.15, 0.2) is 0 Å². The molecule has 1 amide bonds. The fraction of sp³-hybridized carbons (Fsp3) is 0.500. The Kier molecular flexibility index (Phi) is 4.56. The van der Waals surface area contributed by atoms with Crippen molar-refractivity contribution in [3.63, 3.8) is 0 Å². The molecule has 0 spiro atoms. The largest absolute Gasteiger partial charge is 0.349 e. The quantitative estimate of drug-likeness (QED) is 0.818. The van der Waals surface area contributed by atoms with Crippen LogP contribution < -0.4 is 10.6 Å². The molecular weight excluding hydrogens is 212 g/mol. The summed E-state index contributed by atoms with van der Waals surface area (Å²) in [6, 6.07) is 9.75. The number of nitrogens with one attached hydrogen (secondary N) is 2. The normalized spacial score (nSPS) is 21.3. The lowest BCUT2D eigenvalue weighted by molar-refractivity contribution is 0.0931. The highest BCUT2D eigenvalue weighted by molar-refractivity contribution is 5.94. The van der Waals surface area contributed by atoms with Crippen molar-refractivity contribution in [1.82, 2.24) is 10.6 Å². The second kappa shape index (κ2) is 6.40. The summed E-state index contributed by atoms with van der Waals surface area (Å²) in [6.07, 6.45) is 4.52. The Labute approximate surface area is 103 Å². The van der Waals surface area contributed by atoms with E-state index < -0.39 is 0 Å². The number of hydrogen-bond donors (Lipinski definition) is 2. The van der Waals surface area contributed by atoms with Crippen molar-refractivity contribution >= 4 is 5.91 Å². The lowest BCUT2D eigenvalue weighted by Crippen LogP contribution is -2.38. The molecule has 17 heavy (non-hydrogen) atoms. The first-order valence-electron chi connectivity index (χ1n) is 6.43. The van der Waals surface area contributed by atoms with Gasteiger partial charge >= 0.3 is 0 Å². The summed E-state index contributed by atoms with van der Waals surface area (Å²) in [6.45, 7) is 2.11. The molecule has 1 aromatic carbocycles. The molecular formula is C14H20N2O. The topological polar surface area (TPSA) is 41.1 Å². The molecule has 2 rings (SSSR count). The van der Waals surface area contributed by atoms with Gasteiger partial charge in [0.25, 0.3) is 5.91 Å². The standard InChI is InChI=1S/C14H20N2O/c17-14(12-6-2-1-3-7-12)16-13-8-4-5-10-15-11-9-13/h1-3,6-7,13,15H,4-5,8-11H2,(H,16,17). The summed E-state index contributed by atoms with van der Waals surface area (Å²) in [5.41, 5.74) is 0.752. The third kappa shape index (κ3) is 3.86. The van der Waals surface area contributed by atoms with Crippen molar-refractivity contribution in [3.8, 4) is 0 Å². The van der Waals surface area contributed by atoms with Gasteiger partial charge in [0.2, 0.25) is 0 Å². The first-order valence-corrected chi connectivity index (χ1v) is 6.43. The molecule has 0 bridgehead atoms. The van der Waals surface area contributed by atoms with E-state index in [1.807, 2.05) is 30.3 Å². The van der Waals surface area contributed by atoms with Gasteiger partial charge in [-0.25, -0.2) is 0 Å². The predicted octanol–water partition coefficient (Wildman–Crippen LogP) is 1.95. The predicted molar refractivity (Wildman–Crippen MR) is 69.0 cm³/mol. The van der Waals surface area contributed by atoms with Gasteiger partial charge in [-0.3, -0.25) is 4.79 Å². The zero-order valence-corrected chi connectivity index (χ0v) is 10.1. The van der Waals surface area contributed by atoms with Crippen molar-refractivity contribution in [2.75, 3.05) is 13.1 Å². The zero-order valence-electron chi connectivity index (χ0n) is 10.1. The molecule has 1 aliphatic rings. The second-order valence-electron chi connectivity index (χ2n) is 4.57. The van der Waals surface area contributed by atoms with Crippen molar-refractivity contribution in [1.29, 1.82) is 0 Å². The van der Waals surface area contributed by atoms with E-state index in [1.165, 1.54) is 12.8 Å². The first kappa shape index (κ1) is 12.1. The summed E-state index contributed by atoms with van der Waals surface area (Å²) in [5, 5.41) is 6.50. The maximum Gasteiger partial charge on any atom is 0.251 e. The van der Waals surface area contributed by atoms with Crippen LogP contribution >= 0.6 is 0 Å². The number of amides is 1. The Hall–Kier alpha value is -1.35. The number of rotatable bonds is 2. The third-order valence-corrected chi connectivity index (χ3v) is 3.20. The van der Waals surface area contributed by atoms with Crippen LogP contribution in [0.4, 0.5) is 0 Å². The van der Waals surface area contributed by atoms with E-state index in [0.29, 0.717) is 6.04 Å². The van der Waals surface area contributed by atoms with Gasteiger partial charge in [0.05, 0.1) is 0 Å². The molecule has 0 aliphatic carbocycles. The van der Waals surface area contributed by atoms with E-state index in [4.69, 9.17) is 0 Å². The van der Waals surface area contributed by atoms with Crippen molar-refractivity contribution in [2.45, 2.75) is 31.7 Å². The first-order chi connectivity index (χ1) is 8.36. The molecule has 1 unspecified atom stereocenters. The van der Waals surface area contributed by atoms with Crippen LogP contribution in [0.15, 0.2) is 30.3 Å². The molecule has 1 saturated heterocycles. The molecule has 1 aliphatic heterocycles. The van der Waals surface area contributed by atoms with Gasteiger partial charge in [0.1, 0.15) is 0 Å². The molecule has 0 saturated carbocycles. The van der Waals surface area contributed by atoms with Crippen LogP contribution in [0, 0.1) is 0 Å². The van der Waals surface area contributed by atoms with Gasteiger partial charge in [-0.1, -0.05) is 24.6 Å². The van der Waals surface area contributed by atoms with Gasteiger partial charge in [-0.05, 0) is 44.5 Å². The fourth-order valence-electron chi connectivity index (χ4n) is 2.19. The summed E-state index contributed by atoms with van der Waals surface area (Å²) >= 11 is 0. The fourth-order valence-corrected chi connectivity index (χ4v) is 2.19. The lowest BCUT2D eigenvalue weighted by Gasteiger charge is -2.21. The van der Waals surface area contributed by atoms with Crippen LogP contribution in [-0.4, -0.2) is 25.0 Å². The highest BCUT2D eigenvalue weighted by atomic mass is 16.1. The van der Waals surface area contributed by atoms with Crippen LogP contribution in [-0.2, 0) is 0 Å². The molecule has 1 fully saturated rings. The van der Waals surface area contributed by atoms with E-state index in [9.17, 15) is 4.79 Å². The highest BCUT2D eigenvalue weighted by Crippen LogP contribution is 2.08. The van der Waals surface area contributed by atoms with Gasteiger partial charge < -0.3 is 10.6 Å². The molecule has 3 nitrogen and oxygen atoms in total. The highest BCUT2D eigenvalue weighted by Gasteiger charge is 2.14. The van der Waals surface area contributed by atoms with E-state index in [2.05, 4.69) is 10.6 Å². The Morgan fingerprint density at radius 3 is 2.76 bits per heavy atom. The molecule has 3 heteroatoms. The van der Waals surface area contributed by atoms with Crippen LogP contribution in [0.3, 0.4) is 0 Å². The van der Waals surface area contributed by atoms with Gasteiger partial charge in [-0.15, -0.1) is 0 Å². The third-order valence-electron chi connectivity index (χ3n) is 3.20. The van der Waals surface area contributed by atoms with Crippen LogP contribution in [0.2, 0.25) is 0 Å². The Balaban J connectivity index is 1.88. The van der Waals surface area contributed by atoms with Crippen LogP contribution in [0.25, 0.3) is 0 Å². The Morgan fingerprint density at radius 1 is 1.12 bits per heavy atom. The zero-order chi connectivity index (χ0) is 11.9. The maximum absolute atomic E-state index is 12.0. The van der Waals surface area contributed by atoms with Crippen molar-refractivity contribution in [2.24, 2.45) is 0 Å². The molecule has 2 N–H and O–H groups in total. The molecule has 1 heterocycles. The monoisotopic (exact) mass is 232 g/mol. The Bertz CT molecular complexity index is 342. The summed E-state index contributed by atoms with van der Waals surface area (Å²) in [7, 11) is 0. The summed E-state index contributed by atoms with van der Waals surface area (Å²) < 4.78 is 0. The SMILES string of the molecule is O=C(NC1CCCCNCC1)c1ccccc1. The Morgan fingerprint density at radius 2 is 1.94 bits per heavy atom. The summed E-state index contributed by atoms with van der Waals surface area (Å²) in [4.78, 5) is 12.0. The molecule has 0 radical (unpaired) electrons. The molecule has 1 atom stereocenters. The number of benzene rings is 1. The van der Waals surface area contributed by atoms with E-state index in [-0.39, 0.29) is 5.91 Å². The number of hydrogen-bond acceptors (Lipinski definition) is 2. The minimum atomic E-state index is 0.0520. The number of carbonyl (C=O) groups excluding carboxylic acids is 1. The van der Waals surface area contributed by atoms with E-state index in [0.717, 1.165) is 31.5 Å². The average molecular weight is 232 g/mol. The summed E-state index contributed by atoms with van der Waals surface area (Å²) in [5.74, 6) is 0.0520. The average Bonchev–Trinajstić information content (AvgIpc) is 2.33. The number of carbonyl (C=O) groups is 1. The molecule has 1 aromatic rings. The molecule has 0 aromatic heterocycles. The minimum absolute atomic E-state index is 0.0520. The maximum atomic E-state index is 12.0. The molecule has 92 valence electrons. The van der Waals surface area contributed by atoms with E-state index >= 15 is 0 Å². The lowest BCUT2D eigenvalue weighted by atomic mass is 10.0. The smallest absolute Gasteiger partial charge is 0.251 e. The minimum Gasteiger partial charge on any atom is -0.349 e. The van der Waals surface area contributed by atoms with Crippen molar-refractivity contribution in [3.05, 3.63) is 35.9 Å². The van der Waals surface area contributed by atoms with E-state index in [1.54, 1.807) is 0 Å². The second-order valence-corrected chi connectivity index (χ2v) is 4.57.